The van der Waals surface area contributed by atoms with Crippen molar-refractivity contribution in [3.05, 3.63) is 102 Å². The molecule has 0 saturated carbocycles. The summed E-state index contributed by atoms with van der Waals surface area (Å²) >= 11 is 0. The van der Waals surface area contributed by atoms with Crippen LogP contribution in [-0.4, -0.2) is 9.97 Å². The zero-order chi connectivity index (χ0) is 21.9. The fraction of sp³-hybridized carbons (Fsp3) is 0.0345. The first-order chi connectivity index (χ1) is 15.8. The van der Waals surface area contributed by atoms with Gasteiger partial charge in [-0.3, -0.25) is 0 Å². The van der Waals surface area contributed by atoms with E-state index in [0.29, 0.717) is 11.6 Å². The normalized spacial score (nSPS) is 11.1. The van der Waals surface area contributed by atoms with E-state index in [1.807, 2.05) is 61.5 Å². The molecule has 0 N–H and O–H groups in total. The lowest BCUT2D eigenvalue weighted by Crippen LogP contribution is -1.91. The van der Waals surface area contributed by atoms with Gasteiger partial charge in [-0.25, -0.2) is 9.97 Å². The van der Waals surface area contributed by atoms with Crippen LogP contribution in [0.1, 0.15) is 18.2 Å². The minimum Gasteiger partial charge on any atom is -0.447 e. The summed E-state index contributed by atoms with van der Waals surface area (Å²) in [6.45, 7) is 1.96. The van der Waals surface area contributed by atoms with E-state index in [-0.39, 0.29) is 0 Å². The van der Waals surface area contributed by atoms with Crippen molar-refractivity contribution in [2.75, 3.05) is 0 Å². The molecule has 152 valence electrons. The number of aromatic nitrogens is 2. The Hall–Kier alpha value is -4.42. The second-order valence-corrected chi connectivity index (χ2v) is 7.41. The number of benzene rings is 3. The minimum absolute atomic E-state index is 0.531. The lowest BCUT2D eigenvalue weighted by atomic mass is 10.0. The summed E-state index contributed by atoms with van der Waals surface area (Å²) in [7, 11) is 0. The summed E-state index contributed by atoms with van der Waals surface area (Å²) in [6.07, 6.45) is 11.3. The van der Waals surface area contributed by atoms with E-state index in [2.05, 4.69) is 47.3 Å². The van der Waals surface area contributed by atoms with Crippen LogP contribution in [0.25, 0.3) is 50.8 Å². The Balaban J connectivity index is 1.50. The van der Waals surface area contributed by atoms with E-state index < -0.39 is 0 Å². The van der Waals surface area contributed by atoms with Crippen molar-refractivity contribution in [2.45, 2.75) is 6.92 Å². The van der Waals surface area contributed by atoms with Gasteiger partial charge in [0, 0.05) is 28.3 Å². The third kappa shape index (κ3) is 3.59. The standard InChI is InChI=1S/C29H20N2O/c1-3-8-24-25-16-15-23(19-28(25)32-27(24)4-2)29-30-18-17-26(31-29)22-13-11-21(12-14-22)20-9-6-5-7-10-20/h2-3,5-19H,1H3/b8-3-. The summed E-state index contributed by atoms with van der Waals surface area (Å²) < 4.78 is 5.89. The zero-order valence-electron chi connectivity index (χ0n) is 17.6. The number of hydrogen-bond donors (Lipinski definition) is 0. The van der Waals surface area contributed by atoms with Crippen molar-refractivity contribution in [3.8, 4) is 46.1 Å². The van der Waals surface area contributed by atoms with Gasteiger partial charge in [0.2, 0.25) is 0 Å². The van der Waals surface area contributed by atoms with E-state index >= 15 is 0 Å². The smallest absolute Gasteiger partial charge is 0.185 e. The predicted octanol–water partition coefficient (Wildman–Crippen LogP) is 7.24. The largest absolute Gasteiger partial charge is 0.447 e. The third-order valence-corrected chi connectivity index (χ3v) is 5.39. The maximum absolute atomic E-state index is 5.89. The summed E-state index contributed by atoms with van der Waals surface area (Å²) in [5.41, 5.74) is 6.80. The van der Waals surface area contributed by atoms with Crippen LogP contribution in [0.4, 0.5) is 0 Å². The molecule has 2 aromatic heterocycles. The fourth-order valence-corrected chi connectivity index (χ4v) is 3.82. The molecule has 3 heteroatoms. The molecule has 3 nitrogen and oxygen atoms in total. The number of hydrogen-bond acceptors (Lipinski definition) is 3. The maximum atomic E-state index is 5.89. The number of furan rings is 1. The first kappa shape index (κ1) is 19.5. The van der Waals surface area contributed by atoms with Crippen molar-refractivity contribution < 1.29 is 4.42 Å². The fourth-order valence-electron chi connectivity index (χ4n) is 3.82. The topological polar surface area (TPSA) is 38.9 Å². The highest BCUT2D eigenvalue weighted by atomic mass is 16.3. The number of allylic oxidation sites excluding steroid dienone is 1. The van der Waals surface area contributed by atoms with Gasteiger partial charge >= 0.3 is 0 Å². The first-order valence-electron chi connectivity index (χ1n) is 10.4. The zero-order valence-corrected chi connectivity index (χ0v) is 17.6. The van der Waals surface area contributed by atoms with E-state index in [4.69, 9.17) is 15.8 Å². The van der Waals surface area contributed by atoms with E-state index in [1.165, 1.54) is 11.1 Å². The molecule has 5 aromatic rings. The molecule has 32 heavy (non-hydrogen) atoms. The van der Waals surface area contributed by atoms with Gasteiger partial charge in [0.05, 0.1) is 5.69 Å². The van der Waals surface area contributed by atoms with Crippen molar-refractivity contribution in [2.24, 2.45) is 0 Å². The number of fused-ring (bicyclic) bond motifs is 1. The lowest BCUT2D eigenvalue weighted by Gasteiger charge is -2.06. The average Bonchev–Trinajstić information content (AvgIpc) is 3.22. The van der Waals surface area contributed by atoms with Crippen LogP contribution >= 0.6 is 0 Å². The number of rotatable bonds is 4. The SMILES string of the molecule is C#Cc1oc2cc(-c3nccc(-c4ccc(-c5ccccc5)cc4)n3)ccc2c1/C=C\C. The molecule has 0 unspecified atom stereocenters. The number of nitrogens with zero attached hydrogens (tertiary/aromatic N) is 2. The van der Waals surface area contributed by atoms with E-state index in [0.717, 1.165) is 33.4 Å². The van der Waals surface area contributed by atoms with Crippen molar-refractivity contribution in [3.63, 3.8) is 0 Å². The van der Waals surface area contributed by atoms with Gasteiger partial charge in [0.1, 0.15) is 5.58 Å². The Kier molecular flexibility index (Phi) is 5.11. The highest BCUT2D eigenvalue weighted by Crippen LogP contribution is 2.31. The molecule has 0 aliphatic heterocycles. The first-order valence-corrected chi connectivity index (χ1v) is 10.4. The van der Waals surface area contributed by atoms with Gasteiger partial charge in [0.25, 0.3) is 0 Å². The van der Waals surface area contributed by atoms with Gasteiger partial charge < -0.3 is 4.42 Å². The van der Waals surface area contributed by atoms with Crippen LogP contribution in [0.15, 0.2) is 95.6 Å². The highest BCUT2D eigenvalue weighted by Gasteiger charge is 2.13. The Labute approximate surface area is 187 Å². The molecule has 0 aliphatic rings. The second kappa shape index (κ2) is 8.37. The molecule has 0 atom stereocenters. The van der Waals surface area contributed by atoms with Crippen LogP contribution in [-0.2, 0) is 0 Å². The van der Waals surface area contributed by atoms with Gasteiger partial charge in [-0.1, -0.05) is 72.8 Å². The summed E-state index contributed by atoms with van der Waals surface area (Å²) in [6, 6.07) is 26.6. The molecule has 2 heterocycles. The molecule has 0 aliphatic carbocycles. The number of terminal acetylenes is 1. The molecule has 3 aromatic carbocycles. The maximum Gasteiger partial charge on any atom is 0.185 e. The molecule has 0 radical (unpaired) electrons. The van der Waals surface area contributed by atoms with Crippen molar-refractivity contribution >= 4 is 17.0 Å². The Bertz CT molecular complexity index is 1470. The van der Waals surface area contributed by atoms with Gasteiger partial charge in [-0.05, 0) is 42.2 Å². The average molecular weight is 412 g/mol. The van der Waals surface area contributed by atoms with E-state index in [9.17, 15) is 0 Å². The quantitative estimate of drug-likeness (QED) is 0.292. The van der Waals surface area contributed by atoms with Crippen LogP contribution in [0.2, 0.25) is 0 Å². The van der Waals surface area contributed by atoms with Crippen molar-refractivity contribution in [1.29, 1.82) is 0 Å². The van der Waals surface area contributed by atoms with Gasteiger partial charge in [-0.2, -0.15) is 0 Å². The Morgan fingerprint density at radius 3 is 2.31 bits per heavy atom. The summed E-state index contributed by atoms with van der Waals surface area (Å²) in [5, 5.41) is 0.979. The predicted molar refractivity (Wildman–Crippen MR) is 131 cm³/mol. The Morgan fingerprint density at radius 2 is 1.56 bits per heavy atom. The molecule has 5 rings (SSSR count). The van der Waals surface area contributed by atoms with Crippen LogP contribution in [0.3, 0.4) is 0 Å². The lowest BCUT2D eigenvalue weighted by molar-refractivity contribution is 0.600. The molecule has 0 saturated heterocycles. The van der Waals surface area contributed by atoms with Crippen LogP contribution in [0.5, 0.6) is 0 Å². The molecular formula is C29H20N2O. The van der Waals surface area contributed by atoms with Gasteiger partial charge in [0.15, 0.2) is 11.6 Å². The van der Waals surface area contributed by atoms with Gasteiger partial charge in [-0.15, -0.1) is 6.42 Å². The Morgan fingerprint density at radius 1 is 0.844 bits per heavy atom. The summed E-state index contributed by atoms with van der Waals surface area (Å²) in [4.78, 5) is 9.29. The van der Waals surface area contributed by atoms with Crippen molar-refractivity contribution in [1.82, 2.24) is 9.97 Å². The van der Waals surface area contributed by atoms with E-state index in [1.54, 1.807) is 6.20 Å². The third-order valence-electron chi connectivity index (χ3n) is 5.39. The minimum atomic E-state index is 0.531. The molecule has 0 amide bonds. The second-order valence-electron chi connectivity index (χ2n) is 7.41. The molecule has 0 fully saturated rings. The molecule has 0 bridgehead atoms. The highest BCUT2D eigenvalue weighted by molar-refractivity contribution is 5.92. The molecular weight excluding hydrogens is 392 g/mol. The molecule has 0 spiro atoms. The van der Waals surface area contributed by atoms with Crippen LogP contribution < -0.4 is 0 Å². The van der Waals surface area contributed by atoms with Crippen LogP contribution in [0, 0.1) is 12.3 Å². The summed E-state index contributed by atoms with van der Waals surface area (Å²) in [5.74, 6) is 3.80. The monoisotopic (exact) mass is 412 g/mol.